The molecule has 2 amide bonds. The lowest BCUT2D eigenvalue weighted by atomic mass is 10.2. The summed E-state index contributed by atoms with van der Waals surface area (Å²) < 4.78 is 37.8. The largest absolute Gasteiger partial charge is 0.343 e. The fraction of sp³-hybridized carbons (Fsp3) is 0.176. The van der Waals surface area contributed by atoms with Crippen molar-refractivity contribution in [2.45, 2.75) is 4.90 Å². The van der Waals surface area contributed by atoms with Crippen LogP contribution in [0.3, 0.4) is 0 Å². The normalized spacial score (nSPS) is 11.2. The molecular formula is C17H18FN3O4S. The molecule has 2 N–H and O–H groups in total. The van der Waals surface area contributed by atoms with Gasteiger partial charge in [-0.1, -0.05) is 0 Å². The summed E-state index contributed by atoms with van der Waals surface area (Å²) in [5.74, 6) is -1.42. The number of rotatable bonds is 6. The molecule has 9 heteroatoms. The molecule has 2 rings (SSSR count). The number of hydrogen-bond acceptors (Lipinski definition) is 4. The van der Waals surface area contributed by atoms with Crippen LogP contribution in [0.15, 0.2) is 53.4 Å². The lowest BCUT2D eigenvalue weighted by molar-refractivity contribution is -0.115. The number of amides is 2. The van der Waals surface area contributed by atoms with Gasteiger partial charge in [-0.25, -0.2) is 17.1 Å². The van der Waals surface area contributed by atoms with E-state index >= 15 is 0 Å². The molecule has 0 aliphatic carbocycles. The standard InChI is InChI=1S/C17H18FN3O4S/c1-21(2)26(24,25)15-9-3-12(4-10-15)17(23)19-11-16(22)20-14-7-5-13(18)6-8-14/h3-10H,11H2,1-2H3,(H,19,23)(H,20,22). The van der Waals surface area contributed by atoms with Crippen molar-refractivity contribution < 1.29 is 22.4 Å². The fourth-order valence-electron chi connectivity index (χ4n) is 1.99. The summed E-state index contributed by atoms with van der Waals surface area (Å²) in [5, 5.41) is 4.94. The van der Waals surface area contributed by atoms with Crippen LogP contribution in [0.2, 0.25) is 0 Å². The molecule has 0 bridgehead atoms. The smallest absolute Gasteiger partial charge is 0.251 e. The second kappa shape index (κ2) is 8.07. The van der Waals surface area contributed by atoms with Gasteiger partial charge in [0.1, 0.15) is 5.82 Å². The lowest BCUT2D eigenvalue weighted by Gasteiger charge is -2.11. The van der Waals surface area contributed by atoms with Crippen molar-refractivity contribution in [3.8, 4) is 0 Å². The maximum Gasteiger partial charge on any atom is 0.251 e. The number of carbonyl (C=O) groups excluding carboxylic acids is 2. The van der Waals surface area contributed by atoms with Gasteiger partial charge in [0.15, 0.2) is 0 Å². The summed E-state index contributed by atoms with van der Waals surface area (Å²) in [6, 6.07) is 10.6. The predicted molar refractivity (Wildman–Crippen MR) is 94.7 cm³/mol. The topological polar surface area (TPSA) is 95.6 Å². The molecular weight excluding hydrogens is 361 g/mol. The summed E-state index contributed by atoms with van der Waals surface area (Å²) in [4.78, 5) is 23.9. The van der Waals surface area contributed by atoms with Gasteiger partial charge in [0, 0.05) is 25.3 Å². The number of nitrogens with zero attached hydrogens (tertiary/aromatic N) is 1. The zero-order valence-corrected chi connectivity index (χ0v) is 15.0. The van der Waals surface area contributed by atoms with E-state index in [1.165, 1.54) is 62.6 Å². The first-order valence-electron chi connectivity index (χ1n) is 7.56. The van der Waals surface area contributed by atoms with E-state index in [-0.39, 0.29) is 17.0 Å². The average Bonchev–Trinajstić information content (AvgIpc) is 2.61. The highest BCUT2D eigenvalue weighted by atomic mass is 32.2. The third-order valence-electron chi connectivity index (χ3n) is 3.43. The second-order valence-electron chi connectivity index (χ2n) is 5.55. The molecule has 7 nitrogen and oxygen atoms in total. The van der Waals surface area contributed by atoms with Crippen molar-refractivity contribution in [1.29, 1.82) is 0 Å². The van der Waals surface area contributed by atoms with E-state index in [1.54, 1.807) is 0 Å². The highest BCUT2D eigenvalue weighted by Crippen LogP contribution is 2.14. The summed E-state index contributed by atoms with van der Waals surface area (Å²) in [6.45, 7) is -0.284. The highest BCUT2D eigenvalue weighted by Gasteiger charge is 2.17. The van der Waals surface area contributed by atoms with Crippen molar-refractivity contribution >= 4 is 27.5 Å². The van der Waals surface area contributed by atoms with E-state index in [0.29, 0.717) is 5.69 Å². The van der Waals surface area contributed by atoms with Gasteiger partial charge in [0.2, 0.25) is 15.9 Å². The van der Waals surface area contributed by atoms with Crippen LogP contribution >= 0.6 is 0 Å². The van der Waals surface area contributed by atoms with E-state index in [9.17, 15) is 22.4 Å². The first-order chi connectivity index (χ1) is 12.2. The van der Waals surface area contributed by atoms with E-state index in [1.807, 2.05) is 0 Å². The van der Waals surface area contributed by atoms with E-state index in [4.69, 9.17) is 0 Å². The lowest BCUT2D eigenvalue weighted by Crippen LogP contribution is -2.32. The first-order valence-corrected chi connectivity index (χ1v) is 9.00. The number of hydrogen-bond donors (Lipinski definition) is 2. The van der Waals surface area contributed by atoms with Crippen LogP contribution in [-0.4, -0.2) is 45.2 Å². The minimum Gasteiger partial charge on any atom is -0.343 e. The molecule has 0 unspecified atom stereocenters. The minimum absolute atomic E-state index is 0.0631. The van der Waals surface area contributed by atoms with Crippen LogP contribution in [0.25, 0.3) is 0 Å². The summed E-state index contributed by atoms with van der Waals surface area (Å²) in [6.07, 6.45) is 0. The van der Waals surface area contributed by atoms with E-state index in [2.05, 4.69) is 10.6 Å². The zero-order valence-electron chi connectivity index (χ0n) is 14.2. The van der Waals surface area contributed by atoms with Crippen molar-refractivity contribution in [2.24, 2.45) is 0 Å². The molecule has 0 aliphatic rings. The predicted octanol–water partition coefficient (Wildman–Crippen LogP) is 1.44. The maximum atomic E-state index is 12.8. The fourth-order valence-corrected chi connectivity index (χ4v) is 2.89. The van der Waals surface area contributed by atoms with Crippen LogP contribution < -0.4 is 10.6 Å². The number of carbonyl (C=O) groups is 2. The van der Waals surface area contributed by atoms with Crippen molar-refractivity contribution in [3.63, 3.8) is 0 Å². The molecule has 0 saturated carbocycles. The third kappa shape index (κ3) is 4.87. The van der Waals surface area contributed by atoms with Gasteiger partial charge in [-0.2, -0.15) is 0 Å². The molecule has 138 valence electrons. The Morgan fingerprint density at radius 1 is 1.00 bits per heavy atom. The van der Waals surface area contributed by atoms with Crippen LogP contribution in [0, 0.1) is 5.82 Å². The van der Waals surface area contributed by atoms with Gasteiger partial charge in [0.05, 0.1) is 11.4 Å². The number of halogens is 1. The molecule has 0 spiro atoms. The van der Waals surface area contributed by atoms with E-state index in [0.717, 1.165) is 4.31 Å². The van der Waals surface area contributed by atoms with E-state index < -0.39 is 27.7 Å². The quantitative estimate of drug-likeness (QED) is 0.794. The molecule has 0 aliphatic heterocycles. The minimum atomic E-state index is -3.57. The van der Waals surface area contributed by atoms with Gasteiger partial charge in [-0.05, 0) is 48.5 Å². The summed E-state index contributed by atoms with van der Waals surface area (Å²) in [5.41, 5.74) is 0.626. The van der Waals surface area contributed by atoms with Gasteiger partial charge < -0.3 is 10.6 Å². The molecule has 0 radical (unpaired) electrons. The molecule has 2 aromatic rings. The number of anilines is 1. The van der Waals surface area contributed by atoms with Crippen LogP contribution in [-0.2, 0) is 14.8 Å². The van der Waals surface area contributed by atoms with Crippen molar-refractivity contribution in [2.75, 3.05) is 26.0 Å². The van der Waals surface area contributed by atoms with Gasteiger partial charge in [-0.3, -0.25) is 9.59 Å². The Labute approximate surface area is 150 Å². The van der Waals surface area contributed by atoms with Gasteiger partial charge >= 0.3 is 0 Å². The number of nitrogens with one attached hydrogen (secondary N) is 2. The Bertz CT molecular complexity index is 895. The van der Waals surface area contributed by atoms with Gasteiger partial charge in [0.25, 0.3) is 5.91 Å². The number of sulfonamides is 1. The van der Waals surface area contributed by atoms with Gasteiger partial charge in [-0.15, -0.1) is 0 Å². The maximum absolute atomic E-state index is 12.8. The molecule has 0 atom stereocenters. The third-order valence-corrected chi connectivity index (χ3v) is 5.26. The Morgan fingerprint density at radius 3 is 2.12 bits per heavy atom. The molecule has 0 saturated heterocycles. The molecule has 0 aromatic heterocycles. The van der Waals surface area contributed by atoms with Crippen molar-refractivity contribution in [1.82, 2.24) is 9.62 Å². The highest BCUT2D eigenvalue weighted by molar-refractivity contribution is 7.89. The molecule has 0 heterocycles. The number of benzene rings is 2. The summed E-state index contributed by atoms with van der Waals surface area (Å²) in [7, 11) is -0.747. The molecule has 26 heavy (non-hydrogen) atoms. The zero-order chi connectivity index (χ0) is 19.3. The Balaban J connectivity index is 1.93. The molecule has 0 fully saturated rings. The monoisotopic (exact) mass is 379 g/mol. The van der Waals surface area contributed by atoms with Crippen LogP contribution in [0.1, 0.15) is 10.4 Å². The second-order valence-corrected chi connectivity index (χ2v) is 7.70. The average molecular weight is 379 g/mol. The Morgan fingerprint density at radius 2 is 1.58 bits per heavy atom. The Kier molecular flexibility index (Phi) is 6.06. The Hall–Kier alpha value is -2.78. The first kappa shape index (κ1) is 19.5. The van der Waals surface area contributed by atoms with Crippen LogP contribution in [0.5, 0.6) is 0 Å². The molecule has 2 aromatic carbocycles. The van der Waals surface area contributed by atoms with Crippen molar-refractivity contribution in [3.05, 3.63) is 59.9 Å². The summed E-state index contributed by atoms with van der Waals surface area (Å²) >= 11 is 0. The van der Waals surface area contributed by atoms with Crippen LogP contribution in [0.4, 0.5) is 10.1 Å². The SMILES string of the molecule is CN(C)S(=O)(=O)c1ccc(C(=O)NCC(=O)Nc2ccc(F)cc2)cc1.